The molecular formula is C11H13N3O2. The minimum atomic E-state index is -0.704. The van der Waals surface area contributed by atoms with Gasteiger partial charge in [-0.15, -0.1) is 0 Å². The lowest BCUT2D eigenvalue weighted by molar-refractivity contribution is -0.118. The molecule has 4 N–H and O–H groups in total. The van der Waals surface area contributed by atoms with Crippen molar-refractivity contribution >= 4 is 11.6 Å². The fraction of sp³-hybridized carbons (Fsp3) is 0.182. The number of rotatable bonds is 2. The molecule has 5 heteroatoms. The van der Waals surface area contributed by atoms with Gasteiger partial charge in [-0.05, 0) is 19.1 Å². The molecule has 0 aliphatic carbocycles. The second kappa shape index (κ2) is 3.86. The molecule has 1 unspecified atom stereocenters. The zero-order valence-corrected chi connectivity index (χ0v) is 8.88. The third-order valence-electron chi connectivity index (χ3n) is 2.35. The van der Waals surface area contributed by atoms with E-state index in [1.807, 2.05) is 31.2 Å². The van der Waals surface area contributed by atoms with E-state index in [0.717, 1.165) is 11.3 Å². The number of primary amides is 1. The summed E-state index contributed by atoms with van der Waals surface area (Å²) in [5.41, 5.74) is 12.8. The molecule has 0 bridgehead atoms. The molecule has 1 aromatic rings. The summed E-state index contributed by atoms with van der Waals surface area (Å²) in [4.78, 5) is 12.6. The number of benzene rings is 1. The molecule has 2 rings (SSSR count). The maximum Gasteiger partial charge on any atom is 0.285 e. The molecule has 0 radical (unpaired) electrons. The fourth-order valence-electron chi connectivity index (χ4n) is 1.48. The standard InChI is InChI=1S/C11H13N3O2/c1-7-2-4-8(5-3-7)14-6-9(10(12)15)16-11(14)13/h2-6,11H,13H2,1H3,(H2,12,15). The van der Waals surface area contributed by atoms with E-state index in [9.17, 15) is 4.79 Å². The van der Waals surface area contributed by atoms with Gasteiger partial charge in [-0.3, -0.25) is 15.4 Å². The highest BCUT2D eigenvalue weighted by Gasteiger charge is 2.26. The molecule has 5 nitrogen and oxygen atoms in total. The lowest BCUT2D eigenvalue weighted by atomic mass is 10.2. The Balaban J connectivity index is 2.28. The van der Waals surface area contributed by atoms with Crippen LogP contribution in [0.2, 0.25) is 0 Å². The van der Waals surface area contributed by atoms with Gasteiger partial charge in [0.05, 0.1) is 6.20 Å². The van der Waals surface area contributed by atoms with Crippen LogP contribution in [-0.4, -0.2) is 12.3 Å². The van der Waals surface area contributed by atoms with Crippen LogP contribution in [0.4, 0.5) is 5.69 Å². The summed E-state index contributed by atoms with van der Waals surface area (Å²) in [5.74, 6) is -0.543. The smallest absolute Gasteiger partial charge is 0.285 e. The van der Waals surface area contributed by atoms with Crippen LogP contribution >= 0.6 is 0 Å². The molecule has 0 fully saturated rings. The lowest BCUT2D eigenvalue weighted by Gasteiger charge is -2.20. The molecule has 0 saturated carbocycles. The third kappa shape index (κ3) is 1.85. The summed E-state index contributed by atoms with van der Waals surface area (Å²) < 4.78 is 5.11. The average molecular weight is 219 g/mol. The zero-order valence-electron chi connectivity index (χ0n) is 8.88. The Bertz CT molecular complexity index is 439. The number of carbonyl (C=O) groups excluding carboxylic acids is 1. The van der Waals surface area contributed by atoms with Crippen LogP contribution in [0.25, 0.3) is 0 Å². The van der Waals surface area contributed by atoms with Crippen molar-refractivity contribution in [2.24, 2.45) is 11.5 Å². The highest BCUT2D eigenvalue weighted by molar-refractivity contribution is 5.91. The monoisotopic (exact) mass is 219 g/mol. The first-order chi connectivity index (χ1) is 7.58. The van der Waals surface area contributed by atoms with Crippen molar-refractivity contribution in [1.29, 1.82) is 0 Å². The highest BCUT2D eigenvalue weighted by Crippen LogP contribution is 2.23. The van der Waals surface area contributed by atoms with Crippen LogP contribution in [0, 0.1) is 6.92 Å². The topological polar surface area (TPSA) is 81.6 Å². The molecule has 16 heavy (non-hydrogen) atoms. The molecule has 0 aromatic heterocycles. The number of anilines is 1. The zero-order chi connectivity index (χ0) is 11.7. The van der Waals surface area contributed by atoms with E-state index in [1.165, 1.54) is 6.20 Å². The van der Waals surface area contributed by atoms with Gasteiger partial charge in [0.2, 0.25) is 12.1 Å². The van der Waals surface area contributed by atoms with E-state index < -0.39 is 12.3 Å². The van der Waals surface area contributed by atoms with Crippen LogP contribution < -0.4 is 16.4 Å². The molecule has 1 aliphatic rings. The van der Waals surface area contributed by atoms with Crippen molar-refractivity contribution in [2.45, 2.75) is 13.3 Å². The quantitative estimate of drug-likeness (QED) is 0.754. The van der Waals surface area contributed by atoms with E-state index in [1.54, 1.807) is 4.90 Å². The summed E-state index contributed by atoms with van der Waals surface area (Å²) in [6.07, 6.45) is 0.808. The van der Waals surface area contributed by atoms with Crippen LogP contribution in [0.5, 0.6) is 0 Å². The Kier molecular flexibility index (Phi) is 2.54. The van der Waals surface area contributed by atoms with Gasteiger partial charge in [0.15, 0.2) is 0 Å². The van der Waals surface area contributed by atoms with Crippen molar-refractivity contribution in [2.75, 3.05) is 4.90 Å². The Hall–Kier alpha value is -2.01. The molecule has 0 spiro atoms. The summed E-state index contributed by atoms with van der Waals surface area (Å²) >= 11 is 0. The second-order valence-corrected chi connectivity index (χ2v) is 3.61. The van der Waals surface area contributed by atoms with Gasteiger partial charge in [-0.2, -0.15) is 0 Å². The van der Waals surface area contributed by atoms with Gasteiger partial charge in [0.1, 0.15) is 0 Å². The number of carbonyl (C=O) groups is 1. The minimum absolute atomic E-state index is 0.0769. The van der Waals surface area contributed by atoms with E-state index >= 15 is 0 Å². The van der Waals surface area contributed by atoms with Gasteiger partial charge in [-0.25, -0.2) is 0 Å². The first-order valence-electron chi connectivity index (χ1n) is 4.87. The Morgan fingerprint density at radius 1 is 1.38 bits per heavy atom. The van der Waals surface area contributed by atoms with Crippen molar-refractivity contribution in [3.05, 3.63) is 41.8 Å². The molecule has 1 atom stereocenters. The molecule has 1 aliphatic heterocycles. The normalized spacial score (nSPS) is 19.2. The number of hydrogen-bond acceptors (Lipinski definition) is 4. The predicted octanol–water partition coefficient (Wildman–Crippen LogP) is 0.401. The first-order valence-corrected chi connectivity index (χ1v) is 4.87. The highest BCUT2D eigenvalue weighted by atomic mass is 16.5. The number of nitrogens with zero attached hydrogens (tertiary/aromatic N) is 1. The number of amides is 1. The van der Waals surface area contributed by atoms with Gasteiger partial charge >= 0.3 is 0 Å². The Morgan fingerprint density at radius 2 is 2.00 bits per heavy atom. The van der Waals surface area contributed by atoms with Crippen LogP contribution in [0.15, 0.2) is 36.2 Å². The molecular weight excluding hydrogens is 206 g/mol. The van der Waals surface area contributed by atoms with Gasteiger partial charge in [0.25, 0.3) is 5.91 Å². The van der Waals surface area contributed by atoms with E-state index in [2.05, 4.69) is 0 Å². The van der Waals surface area contributed by atoms with E-state index in [-0.39, 0.29) is 5.76 Å². The first kappa shape index (κ1) is 10.5. The summed E-state index contributed by atoms with van der Waals surface area (Å²) in [5, 5.41) is 0. The van der Waals surface area contributed by atoms with Gasteiger partial charge in [-0.1, -0.05) is 17.7 Å². The van der Waals surface area contributed by atoms with Crippen LogP contribution in [-0.2, 0) is 9.53 Å². The maximum absolute atomic E-state index is 10.9. The van der Waals surface area contributed by atoms with Crippen molar-refractivity contribution in [3.63, 3.8) is 0 Å². The van der Waals surface area contributed by atoms with Gasteiger partial charge < -0.3 is 10.5 Å². The summed E-state index contributed by atoms with van der Waals surface area (Å²) in [6.45, 7) is 1.99. The van der Waals surface area contributed by atoms with Crippen molar-refractivity contribution in [1.82, 2.24) is 0 Å². The van der Waals surface area contributed by atoms with Crippen molar-refractivity contribution in [3.8, 4) is 0 Å². The van der Waals surface area contributed by atoms with Crippen LogP contribution in [0.3, 0.4) is 0 Å². The molecule has 0 saturated heterocycles. The van der Waals surface area contributed by atoms with Gasteiger partial charge in [0, 0.05) is 5.69 Å². The third-order valence-corrected chi connectivity index (χ3v) is 2.35. The van der Waals surface area contributed by atoms with Crippen molar-refractivity contribution < 1.29 is 9.53 Å². The number of nitrogens with two attached hydrogens (primary N) is 2. The number of ether oxygens (including phenoxy) is 1. The predicted molar refractivity (Wildman–Crippen MR) is 60.0 cm³/mol. The largest absolute Gasteiger partial charge is 0.450 e. The lowest BCUT2D eigenvalue weighted by Crippen LogP contribution is -2.36. The summed E-state index contributed by atoms with van der Waals surface area (Å²) in [6, 6.07) is 7.72. The second-order valence-electron chi connectivity index (χ2n) is 3.61. The fourth-order valence-corrected chi connectivity index (χ4v) is 1.48. The molecule has 1 aromatic carbocycles. The number of hydrogen-bond donors (Lipinski definition) is 2. The number of aryl methyl sites for hydroxylation is 1. The average Bonchev–Trinajstić information content (AvgIpc) is 2.62. The Morgan fingerprint density at radius 3 is 2.50 bits per heavy atom. The molecule has 1 heterocycles. The molecule has 84 valence electrons. The molecule has 1 amide bonds. The Labute approximate surface area is 93.3 Å². The van der Waals surface area contributed by atoms with E-state index in [0.29, 0.717) is 0 Å². The summed E-state index contributed by atoms with van der Waals surface area (Å²) in [7, 11) is 0. The van der Waals surface area contributed by atoms with E-state index in [4.69, 9.17) is 16.2 Å². The maximum atomic E-state index is 10.9. The van der Waals surface area contributed by atoms with Crippen LogP contribution in [0.1, 0.15) is 5.56 Å². The SMILES string of the molecule is Cc1ccc(N2C=C(C(N)=O)OC2N)cc1. The minimum Gasteiger partial charge on any atom is -0.450 e.